The summed E-state index contributed by atoms with van der Waals surface area (Å²) in [5, 5.41) is 7.28. The van der Waals surface area contributed by atoms with Gasteiger partial charge in [0.25, 0.3) is 0 Å². The van der Waals surface area contributed by atoms with Gasteiger partial charge in [-0.2, -0.15) is 4.98 Å². The molecular formula is C13H21N3O. The summed E-state index contributed by atoms with van der Waals surface area (Å²) in [4.78, 5) is 4.17. The second-order valence-electron chi connectivity index (χ2n) is 5.16. The maximum Gasteiger partial charge on any atom is 0.223 e. The van der Waals surface area contributed by atoms with Crippen molar-refractivity contribution < 1.29 is 4.52 Å². The van der Waals surface area contributed by atoms with Crippen molar-refractivity contribution in [2.45, 2.75) is 40.2 Å². The second kappa shape index (κ2) is 5.45. The van der Waals surface area contributed by atoms with Gasteiger partial charge in [0.05, 0.1) is 6.54 Å². The van der Waals surface area contributed by atoms with E-state index in [4.69, 9.17) is 4.52 Å². The van der Waals surface area contributed by atoms with Crippen LogP contribution in [-0.2, 0) is 6.54 Å². The molecule has 1 heterocycles. The molecule has 0 saturated heterocycles. The zero-order valence-electron chi connectivity index (χ0n) is 10.9. The van der Waals surface area contributed by atoms with Crippen molar-refractivity contribution in [2.24, 2.45) is 11.8 Å². The molecule has 0 spiro atoms. The highest BCUT2D eigenvalue weighted by atomic mass is 16.5. The first kappa shape index (κ1) is 12.3. The zero-order chi connectivity index (χ0) is 12.3. The average molecular weight is 235 g/mol. The smallest absolute Gasteiger partial charge is 0.223 e. The van der Waals surface area contributed by atoms with Crippen LogP contribution in [0.3, 0.4) is 0 Å². The van der Waals surface area contributed by atoms with Crippen LogP contribution in [0.5, 0.6) is 0 Å². The topological polar surface area (TPSA) is 51.0 Å². The normalized spacial score (nSPS) is 24.8. The van der Waals surface area contributed by atoms with E-state index in [0.29, 0.717) is 18.4 Å². The van der Waals surface area contributed by atoms with Gasteiger partial charge in [-0.3, -0.25) is 0 Å². The van der Waals surface area contributed by atoms with Gasteiger partial charge in [-0.15, -0.1) is 0 Å². The van der Waals surface area contributed by atoms with Gasteiger partial charge < -0.3 is 9.84 Å². The molecule has 0 saturated carbocycles. The second-order valence-corrected chi connectivity index (χ2v) is 5.16. The van der Waals surface area contributed by atoms with E-state index in [1.54, 1.807) is 0 Å². The number of aromatic nitrogens is 2. The third-order valence-electron chi connectivity index (χ3n) is 3.17. The summed E-state index contributed by atoms with van der Waals surface area (Å²) >= 11 is 0. The molecule has 2 atom stereocenters. The van der Waals surface area contributed by atoms with E-state index in [1.807, 2.05) is 6.92 Å². The lowest BCUT2D eigenvalue weighted by atomic mass is 9.84. The van der Waals surface area contributed by atoms with Crippen LogP contribution in [-0.4, -0.2) is 16.7 Å². The molecular weight excluding hydrogens is 214 g/mol. The number of nitrogens with zero attached hydrogens (tertiary/aromatic N) is 2. The summed E-state index contributed by atoms with van der Waals surface area (Å²) in [5.41, 5.74) is 1.52. The largest absolute Gasteiger partial charge is 0.340 e. The van der Waals surface area contributed by atoms with Crippen LogP contribution >= 0.6 is 0 Å². The van der Waals surface area contributed by atoms with E-state index >= 15 is 0 Å². The Balaban J connectivity index is 1.74. The Morgan fingerprint density at radius 2 is 2.29 bits per heavy atom. The maximum absolute atomic E-state index is 4.93. The third kappa shape index (κ3) is 3.66. The van der Waals surface area contributed by atoms with Crippen LogP contribution in [0.2, 0.25) is 0 Å². The predicted molar refractivity (Wildman–Crippen MR) is 66.4 cm³/mol. The lowest BCUT2D eigenvalue weighted by Crippen LogP contribution is -2.26. The predicted octanol–water partition coefficient (Wildman–Crippen LogP) is 2.46. The van der Waals surface area contributed by atoms with E-state index in [0.717, 1.165) is 18.3 Å². The maximum atomic E-state index is 4.93. The van der Waals surface area contributed by atoms with Crippen molar-refractivity contribution in [3.05, 3.63) is 23.4 Å². The first-order valence-corrected chi connectivity index (χ1v) is 6.30. The van der Waals surface area contributed by atoms with Gasteiger partial charge in [0.15, 0.2) is 5.82 Å². The van der Waals surface area contributed by atoms with Crippen LogP contribution in [0, 0.1) is 18.8 Å². The van der Waals surface area contributed by atoms with Crippen molar-refractivity contribution in [1.82, 2.24) is 15.5 Å². The van der Waals surface area contributed by atoms with Gasteiger partial charge >= 0.3 is 0 Å². The molecule has 0 aromatic carbocycles. The molecule has 0 bridgehead atoms. The molecule has 0 aliphatic heterocycles. The van der Waals surface area contributed by atoms with E-state index in [-0.39, 0.29) is 0 Å². The minimum atomic E-state index is 0.631. The molecule has 4 nitrogen and oxygen atoms in total. The van der Waals surface area contributed by atoms with Gasteiger partial charge in [-0.05, 0) is 38.1 Å². The Kier molecular flexibility index (Phi) is 3.94. The molecule has 17 heavy (non-hydrogen) atoms. The van der Waals surface area contributed by atoms with Gasteiger partial charge in [0, 0.05) is 6.92 Å². The first-order chi connectivity index (χ1) is 8.13. The molecule has 1 N–H and O–H groups in total. The molecule has 0 amide bonds. The highest BCUT2D eigenvalue weighted by molar-refractivity contribution is 5.06. The molecule has 1 aromatic heterocycles. The summed E-state index contributed by atoms with van der Waals surface area (Å²) in [7, 11) is 0. The van der Waals surface area contributed by atoms with Crippen molar-refractivity contribution in [3.63, 3.8) is 0 Å². The number of hydrogen-bond donors (Lipinski definition) is 1. The van der Waals surface area contributed by atoms with E-state index in [9.17, 15) is 0 Å². The fourth-order valence-corrected chi connectivity index (χ4v) is 2.64. The van der Waals surface area contributed by atoms with Crippen molar-refractivity contribution >= 4 is 0 Å². The summed E-state index contributed by atoms with van der Waals surface area (Å²) < 4.78 is 4.93. The Hall–Kier alpha value is -1.16. The van der Waals surface area contributed by atoms with Crippen LogP contribution in [0.15, 0.2) is 16.2 Å². The molecule has 94 valence electrons. The fraction of sp³-hybridized carbons (Fsp3) is 0.692. The zero-order valence-corrected chi connectivity index (χ0v) is 10.9. The first-order valence-electron chi connectivity index (χ1n) is 6.30. The monoisotopic (exact) mass is 235 g/mol. The molecule has 2 unspecified atom stereocenters. The molecule has 1 aromatic rings. The quantitative estimate of drug-likeness (QED) is 0.814. The summed E-state index contributed by atoms with van der Waals surface area (Å²) in [5.74, 6) is 2.83. The molecule has 0 fully saturated rings. The highest BCUT2D eigenvalue weighted by Gasteiger charge is 2.17. The Morgan fingerprint density at radius 3 is 2.94 bits per heavy atom. The minimum Gasteiger partial charge on any atom is -0.340 e. The van der Waals surface area contributed by atoms with Crippen molar-refractivity contribution in [3.8, 4) is 0 Å². The van der Waals surface area contributed by atoms with Crippen LogP contribution in [0.4, 0.5) is 0 Å². The number of nitrogens with one attached hydrogen (secondary N) is 1. The molecule has 0 radical (unpaired) electrons. The molecule has 4 heteroatoms. The molecule has 2 rings (SSSR count). The SMILES string of the molecule is CC1=CC(C)CC(CNCc2noc(C)n2)C1. The number of aryl methyl sites for hydroxylation is 1. The van der Waals surface area contributed by atoms with E-state index < -0.39 is 0 Å². The lowest BCUT2D eigenvalue weighted by Gasteiger charge is -2.25. The Bertz CT molecular complexity index is 397. The third-order valence-corrected chi connectivity index (χ3v) is 3.17. The van der Waals surface area contributed by atoms with Crippen molar-refractivity contribution in [1.29, 1.82) is 0 Å². The standard InChI is InChI=1S/C13H21N3O/c1-9-4-10(2)6-12(5-9)7-14-8-13-15-11(3)17-16-13/h4,9,12,14H,5-8H2,1-3H3. The van der Waals surface area contributed by atoms with Crippen molar-refractivity contribution in [2.75, 3.05) is 6.54 Å². The Labute approximate surface area is 102 Å². The fourth-order valence-electron chi connectivity index (χ4n) is 2.64. The average Bonchev–Trinajstić information content (AvgIpc) is 2.63. The van der Waals surface area contributed by atoms with Crippen LogP contribution < -0.4 is 5.32 Å². The minimum absolute atomic E-state index is 0.631. The van der Waals surface area contributed by atoms with Gasteiger partial charge in [-0.1, -0.05) is 23.7 Å². The number of rotatable bonds is 4. The van der Waals surface area contributed by atoms with Gasteiger partial charge in [0.2, 0.25) is 5.89 Å². The van der Waals surface area contributed by atoms with Gasteiger partial charge in [-0.25, -0.2) is 0 Å². The molecule has 1 aliphatic carbocycles. The molecule has 1 aliphatic rings. The summed E-state index contributed by atoms with van der Waals surface area (Å²) in [6.45, 7) is 8.06. The van der Waals surface area contributed by atoms with E-state index in [1.165, 1.54) is 18.4 Å². The Morgan fingerprint density at radius 1 is 1.47 bits per heavy atom. The van der Waals surface area contributed by atoms with E-state index in [2.05, 4.69) is 35.4 Å². The lowest BCUT2D eigenvalue weighted by molar-refractivity contribution is 0.369. The number of allylic oxidation sites excluding steroid dienone is 2. The summed E-state index contributed by atoms with van der Waals surface area (Å²) in [6, 6.07) is 0. The number of hydrogen-bond acceptors (Lipinski definition) is 4. The van der Waals surface area contributed by atoms with Crippen LogP contribution in [0.1, 0.15) is 38.4 Å². The highest BCUT2D eigenvalue weighted by Crippen LogP contribution is 2.27. The summed E-state index contributed by atoms with van der Waals surface area (Å²) in [6.07, 6.45) is 4.87. The van der Waals surface area contributed by atoms with Crippen LogP contribution in [0.25, 0.3) is 0 Å². The van der Waals surface area contributed by atoms with Gasteiger partial charge in [0.1, 0.15) is 0 Å².